The number of aliphatic hydroxyl groups is 1. The van der Waals surface area contributed by atoms with Crippen LogP contribution < -0.4 is 10.5 Å². The van der Waals surface area contributed by atoms with Crippen molar-refractivity contribution in [1.29, 1.82) is 0 Å². The summed E-state index contributed by atoms with van der Waals surface area (Å²) < 4.78 is 22.1. The Labute approximate surface area is 108 Å². The Morgan fingerprint density at radius 1 is 1.22 bits per heavy atom. The minimum Gasteiger partial charge on any atom is -0.388 e. The summed E-state index contributed by atoms with van der Waals surface area (Å²) in [7, 11) is -3.65. The first-order valence-corrected chi connectivity index (χ1v) is 7.44. The Hall–Kier alpha value is -1.11. The quantitative estimate of drug-likeness (QED) is 0.727. The lowest BCUT2D eigenvalue weighted by Gasteiger charge is -2.25. The molecule has 0 amide bonds. The molecule has 4 N–H and O–H groups in total. The van der Waals surface area contributed by atoms with Crippen molar-refractivity contribution in [3.05, 3.63) is 24.3 Å². The third-order valence-corrected chi connectivity index (χ3v) is 4.05. The van der Waals surface area contributed by atoms with Gasteiger partial charge in [-0.15, -0.1) is 0 Å². The molecular formula is C12H20N2O3S. The fourth-order valence-electron chi connectivity index (χ4n) is 1.53. The molecule has 102 valence electrons. The zero-order valence-electron chi connectivity index (χ0n) is 10.7. The lowest BCUT2D eigenvalue weighted by Crippen LogP contribution is -2.35. The van der Waals surface area contributed by atoms with E-state index in [0.717, 1.165) is 5.69 Å². The van der Waals surface area contributed by atoms with Crippen molar-refractivity contribution in [1.82, 2.24) is 0 Å². The van der Waals surface area contributed by atoms with Gasteiger partial charge in [0, 0.05) is 12.2 Å². The van der Waals surface area contributed by atoms with Crippen LogP contribution in [0.25, 0.3) is 0 Å². The topological polar surface area (TPSA) is 92.4 Å². The molecule has 0 fully saturated rings. The van der Waals surface area contributed by atoms with Gasteiger partial charge in [0.2, 0.25) is 10.0 Å². The van der Waals surface area contributed by atoms with Crippen molar-refractivity contribution in [2.45, 2.75) is 37.2 Å². The van der Waals surface area contributed by atoms with Gasteiger partial charge in [0.25, 0.3) is 0 Å². The number of rotatable bonds is 6. The van der Waals surface area contributed by atoms with Gasteiger partial charge in [-0.25, -0.2) is 13.6 Å². The molecule has 1 rings (SSSR count). The molecule has 18 heavy (non-hydrogen) atoms. The van der Waals surface area contributed by atoms with E-state index in [1.54, 1.807) is 12.1 Å². The normalized spacial score (nSPS) is 12.4. The lowest BCUT2D eigenvalue weighted by atomic mass is 9.97. The third kappa shape index (κ3) is 3.97. The molecule has 0 saturated carbocycles. The average molecular weight is 272 g/mol. The van der Waals surface area contributed by atoms with Gasteiger partial charge in [-0.1, -0.05) is 13.8 Å². The summed E-state index contributed by atoms with van der Waals surface area (Å²) in [5.41, 5.74) is 0.0150. The largest absolute Gasteiger partial charge is 0.388 e. The molecule has 0 saturated heterocycles. The number of anilines is 1. The molecule has 0 heterocycles. The Balaban J connectivity index is 2.71. The second-order valence-corrected chi connectivity index (χ2v) is 5.92. The molecular weight excluding hydrogens is 252 g/mol. The number of hydrogen-bond donors (Lipinski definition) is 3. The highest BCUT2D eigenvalue weighted by molar-refractivity contribution is 7.89. The number of nitrogens with one attached hydrogen (secondary N) is 1. The molecule has 5 nitrogen and oxygen atoms in total. The number of nitrogens with two attached hydrogens (primary N) is 1. The van der Waals surface area contributed by atoms with Crippen LogP contribution in [-0.2, 0) is 10.0 Å². The van der Waals surface area contributed by atoms with Gasteiger partial charge >= 0.3 is 0 Å². The van der Waals surface area contributed by atoms with Crippen LogP contribution in [0.3, 0.4) is 0 Å². The van der Waals surface area contributed by atoms with E-state index in [9.17, 15) is 13.5 Å². The van der Waals surface area contributed by atoms with Gasteiger partial charge in [-0.3, -0.25) is 0 Å². The smallest absolute Gasteiger partial charge is 0.238 e. The fourth-order valence-corrected chi connectivity index (χ4v) is 2.04. The summed E-state index contributed by atoms with van der Waals surface area (Å²) in [6.07, 6.45) is 1.32. The average Bonchev–Trinajstić information content (AvgIpc) is 2.35. The first-order chi connectivity index (χ1) is 8.30. The molecule has 0 spiro atoms. The third-order valence-electron chi connectivity index (χ3n) is 3.12. The van der Waals surface area contributed by atoms with E-state index in [4.69, 9.17) is 5.14 Å². The maximum Gasteiger partial charge on any atom is 0.238 e. The molecule has 1 aromatic carbocycles. The monoisotopic (exact) mass is 272 g/mol. The first kappa shape index (κ1) is 14.9. The van der Waals surface area contributed by atoms with Crippen LogP contribution >= 0.6 is 0 Å². The highest BCUT2D eigenvalue weighted by Gasteiger charge is 2.21. The van der Waals surface area contributed by atoms with Crippen LogP contribution in [0.2, 0.25) is 0 Å². The Morgan fingerprint density at radius 2 is 1.72 bits per heavy atom. The number of sulfonamides is 1. The molecule has 0 aromatic heterocycles. The van der Waals surface area contributed by atoms with Gasteiger partial charge < -0.3 is 10.4 Å². The van der Waals surface area contributed by atoms with Gasteiger partial charge in [-0.2, -0.15) is 0 Å². The van der Waals surface area contributed by atoms with E-state index in [0.29, 0.717) is 19.4 Å². The Morgan fingerprint density at radius 3 is 2.11 bits per heavy atom. The van der Waals surface area contributed by atoms with Crippen molar-refractivity contribution in [3.8, 4) is 0 Å². The second-order valence-electron chi connectivity index (χ2n) is 4.35. The van der Waals surface area contributed by atoms with Crippen molar-refractivity contribution in [2.75, 3.05) is 11.9 Å². The van der Waals surface area contributed by atoms with Crippen molar-refractivity contribution in [2.24, 2.45) is 5.14 Å². The Bertz CT molecular complexity index is 479. The Kier molecular flexibility index (Phi) is 4.72. The molecule has 0 unspecified atom stereocenters. The first-order valence-electron chi connectivity index (χ1n) is 5.90. The van der Waals surface area contributed by atoms with E-state index < -0.39 is 15.6 Å². The predicted octanol–water partition coefficient (Wildman–Crippen LogP) is 1.30. The summed E-state index contributed by atoms with van der Waals surface area (Å²) in [6.45, 7) is 4.28. The zero-order valence-corrected chi connectivity index (χ0v) is 11.5. The van der Waals surface area contributed by atoms with E-state index >= 15 is 0 Å². The fraction of sp³-hybridized carbons (Fsp3) is 0.500. The number of benzene rings is 1. The summed E-state index contributed by atoms with van der Waals surface area (Å²) in [6, 6.07) is 6.14. The highest BCUT2D eigenvalue weighted by Crippen LogP contribution is 2.17. The summed E-state index contributed by atoms with van der Waals surface area (Å²) in [5.74, 6) is 0. The minimum atomic E-state index is -3.65. The van der Waals surface area contributed by atoms with Crippen molar-refractivity contribution < 1.29 is 13.5 Å². The zero-order chi connectivity index (χ0) is 13.8. The second kappa shape index (κ2) is 5.69. The molecule has 0 aliphatic carbocycles. The van der Waals surface area contributed by atoms with Crippen LogP contribution in [0, 0.1) is 0 Å². The predicted molar refractivity (Wildman–Crippen MR) is 71.8 cm³/mol. The van der Waals surface area contributed by atoms with Gasteiger partial charge in [0.05, 0.1) is 10.5 Å². The van der Waals surface area contributed by atoms with Crippen molar-refractivity contribution in [3.63, 3.8) is 0 Å². The van der Waals surface area contributed by atoms with Crippen LogP contribution in [-0.4, -0.2) is 25.7 Å². The van der Waals surface area contributed by atoms with Gasteiger partial charge in [0.1, 0.15) is 0 Å². The van der Waals surface area contributed by atoms with Gasteiger partial charge in [0.15, 0.2) is 0 Å². The molecule has 0 aliphatic heterocycles. The molecule has 0 aliphatic rings. The molecule has 0 atom stereocenters. The summed E-state index contributed by atoms with van der Waals surface area (Å²) in [4.78, 5) is 0.0781. The maximum atomic E-state index is 11.1. The molecule has 1 aromatic rings. The van der Waals surface area contributed by atoms with E-state index in [1.165, 1.54) is 12.1 Å². The summed E-state index contributed by atoms with van der Waals surface area (Å²) in [5, 5.41) is 18.2. The van der Waals surface area contributed by atoms with Crippen LogP contribution in [0.15, 0.2) is 29.2 Å². The standard InChI is InChI=1S/C12H20N2O3S/c1-3-12(15,4-2)9-14-10-5-7-11(8-6-10)18(13,16)17/h5-8,14-15H,3-4,9H2,1-2H3,(H2,13,16,17). The maximum absolute atomic E-state index is 11.1. The van der Waals surface area contributed by atoms with Crippen LogP contribution in [0.5, 0.6) is 0 Å². The van der Waals surface area contributed by atoms with Gasteiger partial charge in [-0.05, 0) is 37.1 Å². The highest BCUT2D eigenvalue weighted by atomic mass is 32.2. The van der Waals surface area contributed by atoms with Crippen LogP contribution in [0.1, 0.15) is 26.7 Å². The van der Waals surface area contributed by atoms with Crippen LogP contribution in [0.4, 0.5) is 5.69 Å². The lowest BCUT2D eigenvalue weighted by molar-refractivity contribution is 0.0457. The minimum absolute atomic E-state index is 0.0781. The summed E-state index contributed by atoms with van der Waals surface area (Å²) >= 11 is 0. The van der Waals surface area contributed by atoms with E-state index in [2.05, 4.69) is 5.32 Å². The number of primary sulfonamides is 1. The SMILES string of the molecule is CCC(O)(CC)CNc1ccc(S(N)(=O)=O)cc1. The number of hydrogen-bond acceptors (Lipinski definition) is 4. The van der Waals surface area contributed by atoms with E-state index in [1.807, 2.05) is 13.8 Å². The van der Waals surface area contributed by atoms with E-state index in [-0.39, 0.29) is 4.90 Å². The molecule has 0 radical (unpaired) electrons. The van der Waals surface area contributed by atoms with Crippen molar-refractivity contribution >= 4 is 15.7 Å². The molecule has 6 heteroatoms. The molecule has 0 bridgehead atoms.